The van der Waals surface area contributed by atoms with Crippen molar-refractivity contribution in [1.29, 1.82) is 0 Å². The molecule has 3 aromatic carbocycles. The van der Waals surface area contributed by atoms with Crippen molar-refractivity contribution in [1.82, 2.24) is 5.43 Å². The highest BCUT2D eigenvalue weighted by molar-refractivity contribution is 7.92. The van der Waals surface area contributed by atoms with E-state index in [2.05, 4.69) is 10.5 Å². The average molecular weight is 516 g/mol. The largest absolute Gasteiger partial charge is 0.497 e. The molecule has 1 amide bonds. The molecular formula is C25H26ClN3O5S. The van der Waals surface area contributed by atoms with Gasteiger partial charge < -0.3 is 9.47 Å². The molecule has 0 saturated carbocycles. The summed E-state index contributed by atoms with van der Waals surface area (Å²) in [5.74, 6) is 0.474. The Bertz CT molecular complexity index is 1340. The second kappa shape index (κ2) is 11.2. The third-order valence-corrected chi connectivity index (χ3v) is 7.36. The molecular weight excluding hydrogens is 490 g/mol. The summed E-state index contributed by atoms with van der Waals surface area (Å²) in [6.45, 7) is 3.15. The fourth-order valence-electron chi connectivity index (χ4n) is 3.17. The molecule has 3 aromatic rings. The van der Waals surface area contributed by atoms with Crippen LogP contribution in [0.1, 0.15) is 16.7 Å². The van der Waals surface area contributed by atoms with Gasteiger partial charge in [-0.05, 0) is 61.9 Å². The Morgan fingerprint density at radius 2 is 1.74 bits per heavy atom. The molecule has 0 spiro atoms. The molecule has 1 N–H and O–H groups in total. The summed E-state index contributed by atoms with van der Waals surface area (Å²) >= 11 is 6.25. The molecule has 10 heteroatoms. The van der Waals surface area contributed by atoms with E-state index in [1.807, 2.05) is 6.92 Å². The molecule has 0 bridgehead atoms. The molecule has 0 aromatic heterocycles. The van der Waals surface area contributed by atoms with Gasteiger partial charge in [0.25, 0.3) is 15.9 Å². The molecule has 0 atom stereocenters. The van der Waals surface area contributed by atoms with Crippen molar-refractivity contribution in [3.63, 3.8) is 0 Å². The van der Waals surface area contributed by atoms with Crippen LogP contribution in [-0.2, 0) is 14.8 Å². The third-order valence-electron chi connectivity index (χ3n) is 5.17. The number of halogens is 1. The molecule has 0 aliphatic rings. The van der Waals surface area contributed by atoms with Crippen molar-refractivity contribution in [2.75, 3.05) is 25.1 Å². The number of hydrogen-bond acceptors (Lipinski definition) is 6. The van der Waals surface area contributed by atoms with Crippen molar-refractivity contribution in [3.8, 4) is 11.5 Å². The lowest BCUT2D eigenvalue weighted by molar-refractivity contribution is -0.119. The number of hydrazone groups is 1. The Morgan fingerprint density at radius 1 is 1.03 bits per heavy atom. The number of benzene rings is 3. The van der Waals surface area contributed by atoms with Gasteiger partial charge in [0.2, 0.25) is 0 Å². The number of ether oxygens (including phenoxy) is 2. The number of hydrogen-bond donors (Lipinski definition) is 1. The second-order valence-corrected chi connectivity index (χ2v) is 9.93. The maximum absolute atomic E-state index is 13.5. The average Bonchev–Trinajstić information content (AvgIpc) is 2.84. The summed E-state index contributed by atoms with van der Waals surface area (Å²) in [4.78, 5) is 12.8. The summed E-state index contributed by atoms with van der Waals surface area (Å²) in [5, 5.41) is 4.35. The van der Waals surface area contributed by atoms with E-state index >= 15 is 0 Å². The van der Waals surface area contributed by atoms with E-state index in [-0.39, 0.29) is 10.6 Å². The van der Waals surface area contributed by atoms with E-state index in [9.17, 15) is 13.2 Å². The van der Waals surface area contributed by atoms with Gasteiger partial charge in [-0.2, -0.15) is 5.10 Å². The first-order valence-corrected chi connectivity index (χ1v) is 12.4. The number of sulfonamides is 1. The van der Waals surface area contributed by atoms with E-state index in [1.54, 1.807) is 49.4 Å². The standard InChI is InChI=1S/C25H26ClN3O5S/c1-17-5-10-22(11-6-17)35(31,32)29(20-8-7-18(2)23(26)14-20)16-25(30)28-27-15-19-13-21(33-3)9-12-24(19)34-4/h5-15H,16H2,1-4H3,(H,28,30)/b27-15-. The summed E-state index contributed by atoms with van der Waals surface area (Å²) < 4.78 is 38.4. The van der Waals surface area contributed by atoms with Gasteiger partial charge in [-0.1, -0.05) is 35.4 Å². The van der Waals surface area contributed by atoms with Gasteiger partial charge in [-0.25, -0.2) is 13.8 Å². The number of amides is 1. The number of nitrogens with one attached hydrogen (secondary N) is 1. The van der Waals surface area contributed by atoms with Crippen LogP contribution in [0.4, 0.5) is 5.69 Å². The first-order valence-electron chi connectivity index (χ1n) is 10.5. The summed E-state index contributed by atoms with van der Waals surface area (Å²) in [6.07, 6.45) is 1.39. The van der Waals surface area contributed by atoms with Gasteiger partial charge >= 0.3 is 0 Å². The molecule has 184 valence electrons. The Hall–Kier alpha value is -3.56. The van der Waals surface area contributed by atoms with Crippen molar-refractivity contribution in [2.45, 2.75) is 18.7 Å². The maximum atomic E-state index is 13.5. The smallest absolute Gasteiger partial charge is 0.264 e. The summed E-state index contributed by atoms with van der Waals surface area (Å²) in [7, 11) is -1.02. The van der Waals surface area contributed by atoms with Crippen molar-refractivity contribution in [3.05, 3.63) is 82.4 Å². The van der Waals surface area contributed by atoms with E-state index in [1.165, 1.54) is 38.6 Å². The van der Waals surface area contributed by atoms with E-state index in [0.29, 0.717) is 22.1 Å². The Labute approximate surface area is 210 Å². The van der Waals surface area contributed by atoms with E-state index < -0.39 is 22.5 Å². The Balaban J connectivity index is 1.88. The summed E-state index contributed by atoms with van der Waals surface area (Å²) in [6, 6.07) is 16.3. The molecule has 0 radical (unpaired) electrons. The van der Waals surface area contributed by atoms with E-state index in [0.717, 1.165) is 15.4 Å². The predicted molar refractivity (Wildman–Crippen MR) is 137 cm³/mol. The van der Waals surface area contributed by atoms with Gasteiger partial charge in [-0.3, -0.25) is 9.10 Å². The monoisotopic (exact) mass is 515 g/mol. The molecule has 0 aliphatic heterocycles. The van der Waals surface area contributed by atoms with Gasteiger partial charge in [0.15, 0.2) is 0 Å². The van der Waals surface area contributed by atoms with Gasteiger partial charge in [0.1, 0.15) is 18.0 Å². The predicted octanol–water partition coefficient (Wildman–Crippen LogP) is 4.32. The minimum atomic E-state index is -4.07. The van der Waals surface area contributed by atoms with Gasteiger partial charge in [0, 0.05) is 10.6 Å². The highest BCUT2D eigenvalue weighted by Crippen LogP contribution is 2.28. The van der Waals surface area contributed by atoms with Crippen LogP contribution in [0.5, 0.6) is 11.5 Å². The molecule has 8 nitrogen and oxygen atoms in total. The lowest BCUT2D eigenvalue weighted by Gasteiger charge is -2.24. The minimum absolute atomic E-state index is 0.0530. The van der Waals surface area contributed by atoms with Crippen LogP contribution < -0.4 is 19.2 Å². The topological polar surface area (TPSA) is 97.3 Å². The fourth-order valence-corrected chi connectivity index (χ4v) is 4.76. The van der Waals surface area contributed by atoms with Crippen LogP contribution in [0.3, 0.4) is 0 Å². The molecule has 0 saturated heterocycles. The zero-order valence-corrected chi connectivity index (χ0v) is 21.4. The lowest BCUT2D eigenvalue weighted by atomic mass is 10.2. The van der Waals surface area contributed by atoms with Crippen LogP contribution >= 0.6 is 11.6 Å². The summed E-state index contributed by atoms with van der Waals surface area (Å²) in [5.41, 5.74) is 4.90. The zero-order valence-electron chi connectivity index (χ0n) is 19.8. The number of anilines is 1. The van der Waals surface area contributed by atoms with Gasteiger partial charge in [-0.15, -0.1) is 0 Å². The molecule has 35 heavy (non-hydrogen) atoms. The lowest BCUT2D eigenvalue weighted by Crippen LogP contribution is -2.39. The van der Waals surface area contributed by atoms with Crippen LogP contribution in [0.15, 0.2) is 70.7 Å². The third kappa shape index (κ3) is 6.32. The van der Waals surface area contributed by atoms with Gasteiger partial charge in [0.05, 0.1) is 31.0 Å². The molecule has 3 rings (SSSR count). The first-order chi connectivity index (χ1) is 16.6. The highest BCUT2D eigenvalue weighted by atomic mass is 35.5. The molecule has 0 unspecified atom stereocenters. The molecule has 0 aliphatic carbocycles. The van der Waals surface area contributed by atoms with Crippen LogP contribution in [0.25, 0.3) is 0 Å². The minimum Gasteiger partial charge on any atom is -0.497 e. The van der Waals surface area contributed by atoms with Crippen LogP contribution in [0.2, 0.25) is 5.02 Å². The molecule has 0 fully saturated rings. The molecule has 0 heterocycles. The zero-order chi connectivity index (χ0) is 25.6. The van der Waals surface area contributed by atoms with Crippen molar-refractivity contribution >= 4 is 39.4 Å². The number of methoxy groups -OCH3 is 2. The number of carbonyl (C=O) groups is 1. The first kappa shape index (κ1) is 26.1. The van der Waals surface area contributed by atoms with Crippen LogP contribution in [-0.4, -0.2) is 41.3 Å². The number of rotatable bonds is 9. The van der Waals surface area contributed by atoms with Crippen molar-refractivity contribution < 1.29 is 22.7 Å². The highest BCUT2D eigenvalue weighted by Gasteiger charge is 2.27. The quantitative estimate of drug-likeness (QED) is 0.338. The number of nitrogens with zero attached hydrogens (tertiary/aromatic N) is 2. The Morgan fingerprint density at radius 3 is 2.37 bits per heavy atom. The number of aryl methyl sites for hydroxylation is 2. The fraction of sp³-hybridized carbons (Fsp3) is 0.200. The normalized spacial score (nSPS) is 11.3. The van der Waals surface area contributed by atoms with Crippen LogP contribution in [0, 0.1) is 13.8 Å². The Kier molecular flexibility index (Phi) is 8.37. The second-order valence-electron chi connectivity index (χ2n) is 7.66. The SMILES string of the molecule is COc1ccc(OC)c(/C=N\NC(=O)CN(c2ccc(C)c(Cl)c2)S(=O)(=O)c2ccc(C)cc2)c1. The maximum Gasteiger partial charge on any atom is 0.264 e. The van der Waals surface area contributed by atoms with E-state index in [4.69, 9.17) is 21.1 Å². The number of carbonyl (C=O) groups excluding carboxylic acids is 1. The van der Waals surface area contributed by atoms with Crippen molar-refractivity contribution in [2.24, 2.45) is 5.10 Å².